The molecule has 0 radical (unpaired) electrons. The van der Waals surface area contributed by atoms with Gasteiger partial charge < -0.3 is 15.0 Å². The van der Waals surface area contributed by atoms with E-state index in [-0.39, 0.29) is 11.8 Å². The van der Waals surface area contributed by atoms with Crippen LogP contribution >= 0.6 is 11.8 Å². The van der Waals surface area contributed by atoms with E-state index in [1.807, 2.05) is 73.7 Å². The van der Waals surface area contributed by atoms with Crippen molar-refractivity contribution >= 4 is 29.3 Å². The largest absolute Gasteiger partial charge is 0.494 e. The van der Waals surface area contributed by atoms with Gasteiger partial charge in [-0.3, -0.25) is 14.5 Å². The van der Waals surface area contributed by atoms with Gasteiger partial charge in [-0.15, -0.1) is 0 Å². The smallest absolute Gasteiger partial charge is 0.259 e. The first-order valence-corrected chi connectivity index (χ1v) is 14.3. The molecular weight excluding hydrogens is 494 g/mol. The van der Waals surface area contributed by atoms with Crippen LogP contribution in [0.5, 0.6) is 5.75 Å². The summed E-state index contributed by atoms with van der Waals surface area (Å²) in [6.07, 6.45) is 3.73. The number of hydrogen-bond donors (Lipinski definition) is 1. The lowest BCUT2D eigenvalue weighted by atomic mass is 10.0. The standard InChI is InChI=1S/C31H35N3O3S/c1-3-37-25-14-11-23(12-15-25)21-34-27-20-24(30(35)32-17-19-33-18-7-6-8-22(33)2)13-16-29(27)38-28-10-5-4-9-26(28)31(34)36/h4-5,9-16,20,22H,3,6-8,17-19,21H2,1-2H3,(H,32,35). The fourth-order valence-corrected chi connectivity index (χ4v) is 6.22. The minimum atomic E-state index is -0.113. The molecule has 6 nitrogen and oxygen atoms in total. The molecule has 1 saturated heterocycles. The number of amides is 2. The molecule has 198 valence electrons. The lowest BCUT2D eigenvalue weighted by Crippen LogP contribution is -2.42. The van der Waals surface area contributed by atoms with Gasteiger partial charge in [0, 0.05) is 34.5 Å². The Kier molecular flexibility index (Phi) is 8.35. The lowest BCUT2D eigenvalue weighted by molar-refractivity contribution is 0.0936. The molecule has 38 heavy (non-hydrogen) atoms. The summed E-state index contributed by atoms with van der Waals surface area (Å²) in [7, 11) is 0. The molecule has 3 aromatic rings. The Labute approximate surface area is 229 Å². The lowest BCUT2D eigenvalue weighted by Gasteiger charge is -2.33. The van der Waals surface area contributed by atoms with Gasteiger partial charge >= 0.3 is 0 Å². The number of carbonyl (C=O) groups is 2. The van der Waals surface area contributed by atoms with Crippen molar-refractivity contribution in [2.45, 2.75) is 55.5 Å². The van der Waals surface area contributed by atoms with Crippen molar-refractivity contribution in [2.75, 3.05) is 31.1 Å². The maximum atomic E-state index is 13.8. The molecule has 2 aliphatic rings. The van der Waals surface area contributed by atoms with Crippen molar-refractivity contribution in [3.63, 3.8) is 0 Å². The number of anilines is 1. The van der Waals surface area contributed by atoms with Crippen molar-refractivity contribution < 1.29 is 14.3 Å². The Morgan fingerprint density at radius 3 is 2.66 bits per heavy atom. The summed E-state index contributed by atoms with van der Waals surface area (Å²) in [6, 6.07) is 21.8. The predicted octanol–water partition coefficient (Wildman–Crippen LogP) is 6.00. The normalized spacial score (nSPS) is 17.4. The monoisotopic (exact) mass is 529 g/mol. The van der Waals surface area contributed by atoms with Crippen LogP contribution in [0.4, 0.5) is 5.69 Å². The molecular formula is C31H35N3O3S. The average molecular weight is 530 g/mol. The number of fused-ring (bicyclic) bond motifs is 2. The summed E-state index contributed by atoms with van der Waals surface area (Å²) >= 11 is 1.57. The van der Waals surface area contributed by atoms with Gasteiger partial charge in [-0.25, -0.2) is 0 Å². The zero-order chi connectivity index (χ0) is 26.5. The van der Waals surface area contributed by atoms with Crippen molar-refractivity contribution in [1.29, 1.82) is 0 Å². The molecule has 0 saturated carbocycles. The molecule has 1 fully saturated rings. The molecule has 5 rings (SSSR count). The fourth-order valence-electron chi connectivity index (χ4n) is 5.16. The summed E-state index contributed by atoms with van der Waals surface area (Å²) in [5.74, 6) is 0.618. The first kappa shape index (κ1) is 26.3. The van der Waals surface area contributed by atoms with Crippen LogP contribution in [0.15, 0.2) is 76.5 Å². The van der Waals surface area contributed by atoms with Crippen LogP contribution in [0.25, 0.3) is 0 Å². The van der Waals surface area contributed by atoms with Crippen molar-refractivity contribution in [2.24, 2.45) is 0 Å². The fraction of sp³-hybridized carbons (Fsp3) is 0.355. The van der Waals surface area contributed by atoms with E-state index in [9.17, 15) is 9.59 Å². The van der Waals surface area contributed by atoms with Gasteiger partial charge in [-0.05, 0) is 81.3 Å². The third kappa shape index (κ3) is 5.89. The minimum Gasteiger partial charge on any atom is -0.494 e. The maximum Gasteiger partial charge on any atom is 0.259 e. The number of rotatable bonds is 8. The molecule has 2 aliphatic heterocycles. The Morgan fingerprint density at radius 2 is 1.87 bits per heavy atom. The SMILES string of the molecule is CCOc1ccc(CN2C(=O)c3ccccc3Sc3ccc(C(=O)NCCN4CCCCC4C)cc32)cc1. The first-order chi connectivity index (χ1) is 18.5. The summed E-state index contributed by atoms with van der Waals surface area (Å²) < 4.78 is 5.58. The third-order valence-corrected chi connectivity index (χ3v) is 8.44. The molecule has 0 bridgehead atoms. The Morgan fingerprint density at radius 1 is 1.05 bits per heavy atom. The Hall–Kier alpha value is -3.29. The van der Waals surface area contributed by atoms with E-state index in [0.29, 0.717) is 36.9 Å². The minimum absolute atomic E-state index is 0.0719. The van der Waals surface area contributed by atoms with Crippen molar-refractivity contribution in [1.82, 2.24) is 10.2 Å². The van der Waals surface area contributed by atoms with Crippen LogP contribution in [0.3, 0.4) is 0 Å². The van der Waals surface area contributed by atoms with E-state index in [4.69, 9.17) is 4.74 Å². The van der Waals surface area contributed by atoms with Crippen molar-refractivity contribution in [3.05, 3.63) is 83.4 Å². The summed E-state index contributed by atoms with van der Waals surface area (Å²) in [6.45, 7) is 7.77. The second-order valence-electron chi connectivity index (χ2n) is 9.89. The maximum absolute atomic E-state index is 13.8. The van der Waals surface area contributed by atoms with E-state index in [0.717, 1.165) is 39.9 Å². The zero-order valence-electron chi connectivity index (χ0n) is 22.1. The van der Waals surface area contributed by atoms with Gasteiger partial charge in [0.2, 0.25) is 0 Å². The van der Waals surface area contributed by atoms with Gasteiger partial charge in [-0.2, -0.15) is 0 Å². The molecule has 3 aromatic carbocycles. The quantitative estimate of drug-likeness (QED) is 0.388. The molecule has 1 N–H and O–H groups in total. The molecule has 0 aliphatic carbocycles. The number of nitrogens with zero attached hydrogens (tertiary/aromatic N) is 2. The predicted molar refractivity (Wildman–Crippen MR) is 152 cm³/mol. The van der Waals surface area contributed by atoms with Gasteiger partial charge in [0.1, 0.15) is 5.75 Å². The summed E-state index contributed by atoms with van der Waals surface area (Å²) in [5.41, 5.74) is 2.97. The molecule has 7 heteroatoms. The van der Waals surface area contributed by atoms with E-state index < -0.39 is 0 Å². The van der Waals surface area contributed by atoms with Gasteiger partial charge in [0.25, 0.3) is 11.8 Å². The number of carbonyl (C=O) groups excluding carboxylic acids is 2. The highest BCUT2D eigenvalue weighted by molar-refractivity contribution is 7.99. The number of piperidine rings is 1. The zero-order valence-corrected chi connectivity index (χ0v) is 22.9. The highest BCUT2D eigenvalue weighted by atomic mass is 32.2. The molecule has 1 atom stereocenters. The van der Waals surface area contributed by atoms with E-state index in [1.54, 1.807) is 16.7 Å². The van der Waals surface area contributed by atoms with Gasteiger partial charge in [-0.1, -0.05) is 42.4 Å². The molecule has 2 heterocycles. The summed E-state index contributed by atoms with van der Waals surface area (Å²) in [5, 5.41) is 3.10. The van der Waals surface area contributed by atoms with Gasteiger partial charge in [0.15, 0.2) is 0 Å². The van der Waals surface area contributed by atoms with E-state index in [2.05, 4.69) is 17.1 Å². The molecule has 2 amide bonds. The average Bonchev–Trinajstić information content (AvgIpc) is 3.05. The Balaban J connectivity index is 1.39. The van der Waals surface area contributed by atoms with E-state index >= 15 is 0 Å². The number of ether oxygens (including phenoxy) is 1. The third-order valence-electron chi connectivity index (χ3n) is 7.29. The highest BCUT2D eigenvalue weighted by Crippen LogP contribution is 2.42. The summed E-state index contributed by atoms with van der Waals surface area (Å²) in [4.78, 5) is 33.1. The first-order valence-electron chi connectivity index (χ1n) is 13.5. The molecule has 0 aromatic heterocycles. The molecule has 1 unspecified atom stereocenters. The van der Waals surface area contributed by atoms with Crippen LogP contribution in [-0.2, 0) is 6.54 Å². The van der Waals surface area contributed by atoms with Crippen LogP contribution in [0.1, 0.15) is 59.4 Å². The van der Waals surface area contributed by atoms with Crippen LogP contribution in [-0.4, -0.2) is 49.0 Å². The van der Waals surface area contributed by atoms with Crippen molar-refractivity contribution in [3.8, 4) is 5.75 Å². The van der Waals surface area contributed by atoms with Gasteiger partial charge in [0.05, 0.1) is 24.4 Å². The number of nitrogens with one attached hydrogen (secondary N) is 1. The topological polar surface area (TPSA) is 61.9 Å². The second kappa shape index (κ2) is 12.0. The van der Waals surface area contributed by atoms with Crippen LogP contribution in [0.2, 0.25) is 0 Å². The number of hydrogen-bond acceptors (Lipinski definition) is 5. The van der Waals surface area contributed by atoms with Crippen LogP contribution < -0.4 is 15.0 Å². The molecule has 0 spiro atoms. The Bertz CT molecular complexity index is 1290. The number of benzene rings is 3. The van der Waals surface area contributed by atoms with E-state index in [1.165, 1.54) is 19.3 Å². The van der Waals surface area contributed by atoms with Crippen LogP contribution in [0, 0.1) is 0 Å². The number of likely N-dealkylation sites (tertiary alicyclic amines) is 1. The highest BCUT2D eigenvalue weighted by Gasteiger charge is 2.28. The second-order valence-corrected chi connectivity index (χ2v) is 11.0.